The highest BCUT2D eigenvalue weighted by molar-refractivity contribution is 8.01. The van der Waals surface area contributed by atoms with Gasteiger partial charge in [-0.3, -0.25) is 10.1 Å². The van der Waals surface area contributed by atoms with Crippen molar-refractivity contribution in [1.29, 1.82) is 0 Å². The normalized spacial score (nSPS) is 11.4. The van der Waals surface area contributed by atoms with Crippen molar-refractivity contribution >= 4 is 45.2 Å². The summed E-state index contributed by atoms with van der Waals surface area (Å²) in [6.07, 6.45) is 3.25. The van der Waals surface area contributed by atoms with Crippen LogP contribution in [0.15, 0.2) is 39.4 Å². The second kappa shape index (κ2) is 7.72. The van der Waals surface area contributed by atoms with Gasteiger partial charge in [0.15, 0.2) is 15.7 Å². The predicted octanol–water partition coefficient (Wildman–Crippen LogP) is 4.49. The van der Waals surface area contributed by atoms with Gasteiger partial charge in [0, 0.05) is 6.04 Å². The number of nitrogens with one attached hydrogen (secondary N) is 1. The smallest absolute Gasteiger partial charge is 0.258 e. The Morgan fingerprint density at radius 2 is 2.25 bits per heavy atom. The van der Waals surface area contributed by atoms with Crippen LogP contribution in [0.5, 0.6) is 0 Å². The molecular formula is C18H18N6O2S2. The van der Waals surface area contributed by atoms with Crippen molar-refractivity contribution < 1.29 is 9.21 Å². The first-order chi connectivity index (χ1) is 13.6. The summed E-state index contributed by atoms with van der Waals surface area (Å²) in [4.78, 5) is 17.7. The van der Waals surface area contributed by atoms with Crippen molar-refractivity contribution in [3.63, 3.8) is 0 Å². The van der Waals surface area contributed by atoms with Gasteiger partial charge in [0.25, 0.3) is 5.91 Å². The molecule has 28 heavy (non-hydrogen) atoms. The van der Waals surface area contributed by atoms with E-state index in [9.17, 15) is 4.79 Å². The van der Waals surface area contributed by atoms with E-state index in [1.54, 1.807) is 41.0 Å². The highest BCUT2D eigenvalue weighted by atomic mass is 32.2. The van der Waals surface area contributed by atoms with Crippen LogP contribution in [-0.2, 0) is 0 Å². The van der Waals surface area contributed by atoms with E-state index in [0.717, 1.165) is 10.1 Å². The number of aromatic nitrogens is 5. The maximum atomic E-state index is 13.0. The monoisotopic (exact) mass is 414 g/mol. The maximum Gasteiger partial charge on any atom is 0.258 e. The third kappa shape index (κ3) is 3.52. The number of furan rings is 1. The van der Waals surface area contributed by atoms with Gasteiger partial charge in [-0.2, -0.15) is 5.10 Å². The second-order valence-corrected chi connectivity index (χ2v) is 8.70. The highest BCUT2D eigenvalue weighted by Gasteiger charge is 2.20. The molecule has 0 bridgehead atoms. The molecule has 4 rings (SSSR count). The fraction of sp³-hybridized carbons (Fsp3) is 0.278. The lowest BCUT2D eigenvalue weighted by atomic mass is 10.1. The lowest BCUT2D eigenvalue weighted by Crippen LogP contribution is -2.13. The number of anilines is 1. The molecule has 8 nitrogen and oxygen atoms in total. The molecule has 0 fully saturated rings. The van der Waals surface area contributed by atoms with Gasteiger partial charge >= 0.3 is 0 Å². The Labute approximate surface area is 169 Å². The van der Waals surface area contributed by atoms with E-state index in [2.05, 4.69) is 25.6 Å². The molecule has 0 aliphatic rings. The van der Waals surface area contributed by atoms with Crippen LogP contribution in [0.3, 0.4) is 0 Å². The molecule has 4 aromatic heterocycles. The number of carbonyl (C=O) groups is 1. The third-order valence-electron chi connectivity index (χ3n) is 3.97. The van der Waals surface area contributed by atoms with Gasteiger partial charge in [0.05, 0.1) is 23.4 Å². The zero-order valence-electron chi connectivity index (χ0n) is 15.5. The fourth-order valence-corrected chi connectivity index (χ4v) is 4.38. The Bertz CT molecular complexity index is 1120. The first-order valence-corrected chi connectivity index (χ1v) is 10.6. The van der Waals surface area contributed by atoms with Crippen LogP contribution in [0.1, 0.15) is 37.2 Å². The maximum absolute atomic E-state index is 13.0. The molecule has 10 heteroatoms. The number of nitrogens with zero attached hydrogens (tertiary/aromatic N) is 5. The summed E-state index contributed by atoms with van der Waals surface area (Å²) in [5, 5.41) is 16.5. The van der Waals surface area contributed by atoms with Crippen LogP contribution >= 0.6 is 23.1 Å². The van der Waals surface area contributed by atoms with Crippen molar-refractivity contribution in [2.45, 2.75) is 31.2 Å². The zero-order valence-corrected chi connectivity index (χ0v) is 17.2. The molecule has 0 unspecified atom stereocenters. The molecule has 4 heterocycles. The van der Waals surface area contributed by atoms with Crippen molar-refractivity contribution in [3.8, 4) is 11.5 Å². The van der Waals surface area contributed by atoms with Gasteiger partial charge in [0.1, 0.15) is 5.69 Å². The van der Waals surface area contributed by atoms with Gasteiger partial charge in [-0.15, -0.1) is 10.2 Å². The molecule has 0 saturated heterocycles. The van der Waals surface area contributed by atoms with E-state index in [1.165, 1.54) is 11.3 Å². The number of hydrogen-bond acceptors (Lipinski definition) is 8. The molecule has 144 valence electrons. The number of fused-ring (bicyclic) bond motifs is 1. The molecule has 0 aliphatic carbocycles. The van der Waals surface area contributed by atoms with Crippen LogP contribution in [0.25, 0.3) is 22.5 Å². The van der Waals surface area contributed by atoms with Crippen molar-refractivity contribution in [2.75, 3.05) is 11.1 Å². The van der Waals surface area contributed by atoms with Crippen molar-refractivity contribution in [2.24, 2.45) is 0 Å². The number of amides is 1. The first kappa shape index (κ1) is 18.6. The number of hydrogen-bond donors (Lipinski definition) is 1. The quantitative estimate of drug-likeness (QED) is 0.367. The number of carbonyl (C=O) groups excluding carboxylic acids is 1. The van der Waals surface area contributed by atoms with Gasteiger partial charge in [-0.1, -0.05) is 30.0 Å². The summed E-state index contributed by atoms with van der Waals surface area (Å²) in [6, 6.07) is 5.41. The topological polar surface area (TPSA) is 98.7 Å². The molecule has 0 saturated carbocycles. The van der Waals surface area contributed by atoms with Crippen LogP contribution in [-0.4, -0.2) is 36.6 Å². The average Bonchev–Trinajstić information content (AvgIpc) is 3.41. The summed E-state index contributed by atoms with van der Waals surface area (Å²) in [7, 11) is 0. The minimum atomic E-state index is -0.285. The predicted molar refractivity (Wildman–Crippen MR) is 110 cm³/mol. The molecule has 0 aliphatic heterocycles. The minimum Gasteiger partial charge on any atom is -0.463 e. The minimum absolute atomic E-state index is 0.101. The zero-order chi connectivity index (χ0) is 19.7. The number of thioether (sulfide) groups is 1. The second-order valence-electron chi connectivity index (χ2n) is 6.21. The van der Waals surface area contributed by atoms with E-state index < -0.39 is 0 Å². The summed E-state index contributed by atoms with van der Waals surface area (Å²) in [6.45, 7) is 6.07. The molecule has 0 atom stereocenters. The number of pyridine rings is 1. The van der Waals surface area contributed by atoms with E-state index in [-0.39, 0.29) is 11.9 Å². The molecular weight excluding hydrogens is 396 g/mol. The first-order valence-electron chi connectivity index (χ1n) is 8.76. The van der Waals surface area contributed by atoms with Crippen LogP contribution in [0, 0.1) is 0 Å². The van der Waals surface area contributed by atoms with Crippen molar-refractivity contribution in [1.82, 2.24) is 25.0 Å². The fourth-order valence-electron chi connectivity index (χ4n) is 2.74. The molecule has 0 aromatic carbocycles. The Morgan fingerprint density at radius 3 is 2.96 bits per heavy atom. The Balaban J connectivity index is 1.76. The van der Waals surface area contributed by atoms with Crippen molar-refractivity contribution in [3.05, 3.63) is 36.2 Å². The van der Waals surface area contributed by atoms with Crippen LogP contribution in [0.4, 0.5) is 5.13 Å². The van der Waals surface area contributed by atoms with Crippen LogP contribution < -0.4 is 5.32 Å². The Hall–Kier alpha value is -2.72. The molecule has 0 spiro atoms. The third-order valence-corrected chi connectivity index (χ3v) is 5.82. The highest BCUT2D eigenvalue weighted by Crippen LogP contribution is 2.29. The standard InChI is InChI=1S/C18H18N6O2S2/c1-4-27-18-23-22-17(28-18)21-16(25)11-8-13(14-6-5-7-26-14)20-15-12(11)9-19-24(15)10(2)3/h5-10H,4H2,1-3H3,(H,21,22,25). The van der Waals surface area contributed by atoms with E-state index in [4.69, 9.17) is 4.42 Å². The summed E-state index contributed by atoms with van der Waals surface area (Å²) in [5.74, 6) is 1.20. The number of rotatable bonds is 6. The molecule has 4 aromatic rings. The van der Waals surface area contributed by atoms with Gasteiger partial charge < -0.3 is 4.42 Å². The van der Waals surface area contributed by atoms with E-state index in [1.807, 2.05) is 26.8 Å². The lowest BCUT2D eigenvalue weighted by Gasteiger charge is -2.09. The van der Waals surface area contributed by atoms with E-state index in [0.29, 0.717) is 33.2 Å². The van der Waals surface area contributed by atoms with E-state index >= 15 is 0 Å². The molecule has 0 radical (unpaired) electrons. The van der Waals surface area contributed by atoms with Gasteiger partial charge in [-0.25, -0.2) is 9.67 Å². The largest absolute Gasteiger partial charge is 0.463 e. The summed E-state index contributed by atoms with van der Waals surface area (Å²) in [5.41, 5.74) is 1.67. The van der Waals surface area contributed by atoms with Gasteiger partial charge in [0.2, 0.25) is 5.13 Å². The van der Waals surface area contributed by atoms with Crippen LogP contribution in [0.2, 0.25) is 0 Å². The SMILES string of the molecule is CCSc1nnc(NC(=O)c2cc(-c3ccco3)nc3c2cnn3C(C)C)s1. The Morgan fingerprint density at radius 1 is 1.39 bits per heavy atom. The summed E-state index contributed by atoms with van der Waals surface area (Å²) >= 11 is 2.94. The molecule has 1 N–H and O–H groups in total. The lowest BCUT2D eigenvalue weighted by molar-refractivity contribution is 0.102. The summed E-state index contributed by atoms with van der Waals surface area (Å²) < 4.78 is 8.09. The Kier molecular flexibility index (Phi) is 5.14. The molecule has 1 amide bonds. The average molecular weight is 415 g/mol. The van der Waals surface area contributed by atoms with Gasteiger partial charge in [-0.05, 0) is 37.8 Å².